The van der Waals surface area contributed by atoms with Crippen LogP contribution in [0.15, 0.2) is 0 Å². The third-order valence-electron chi connectivity index (χ3n) is 2.47. The number of hydrogen-bond donors (Lipinski definition) is 1. The Kier molecular flexibility index (Phi) is 9.16. The summed E-state index contributed by atoms with van der Waals surface area (Å²) in [6, 6.07) is 0. The highest BCUT2D eigenvalue weighted by atomic mass is 16.6. The highest BCUT2D eigenvalue weighted by molar-refractivity contribution is 5.81. The lowest BCUT2D eigenvalue weighted by Crippen LogP contribution is -2.34. The molecule has 0 fully saturated rings. The van der Waals surface area contributed by atoms with Crippen molar-refractivity contribution in [3.63, 3.8) is 0 Å². The molecule has 1 N–H and O–H groups in total. The number of methoxy groups -OCH3 is 1. The van der Waals surface area contributed by atoms with Gasteiger partial charge in [-0.2, -0.15) is 0 Å². The smallest absolute Gasteiger partial charge is 0.306 e. The number of carbonyl (C=O) groups is 2. The molecular formula is C14H28N2O4. The van der Waals surface area contributed by atoms with Gasteiger partial charge in [0.2, 0.25) is 5.91 Å². The molecule has 1 amide bonds. The maximum atomic E-state index is 11.5. The highest BCUT2D eigenvalue weighted by Gasteiger charge is 2.16. The van der Waals surface area contributed by atoms with Crippen LogP contribution in [-0.4, -0.2) is 62.8 Å². The Morgan fingerprint density at radius 2 is 1.80 bits per heavy atom. The van der Waals surface area contributed by atoms with E-state index in [1.54, 1.807) is 27.9 Å². The number of amides is 1. The van der Waals surface area contributed by atoms with Gasteiger partial charge in [-0.15, -0.1) is 0 Å². The molecule has 0 bridgehead atoms. The SMILES string of the molecule is COCCN(C)CCNC(=O)CCC(=O)OC(C)(C)C. The Balaban J connectivity index is 3.66. The van der Waals surface area contributed by atoms with Gasteiger partial charge in [0.05, 0.1) is 13.0 Å². The fourth-order valence-electron chi connectivity index (χ4n) is 1.44. The van der Waals surface area contributed by atoms with Gasteiger partial charge in [0, 0.05) is 33.2 Å². The van der Waals surface area contributed by atoms with Crippen LogP contribution in [0.5, 0.6) is 0 Å². The first-order chi connectivity index (χ1) is 9.24. The van der Waals surface area contributed by atoms with Gasteiger partial charge in [0.15, 0.2) is 0 Å². The van der Waals surface area contributed by atoms with Crippen LogP contribution in [0, 0.1) is 0 Å². The Labute approximate surface area is 121 Å². The first-order valence-corrected chi connectivity index (χ1v) is 6.90. The lowest BCUT2D eigenvalue weighted by Gasteiger charge is -2.19. The van der Waals surface area contributed by atoms with E-state index < -0.39 is 5.60 Å². The molecule has 0 heterocycles. The van der Waals surface area contributed by atoms with Crippen molar-refractivity contribution in [3.8, 4) is 0 Å². The predicted octanol–water partition coefficient (Wildman–Crippen LogP) is 0.803. The Morgan fingerprint density at radius 1 is 1.15 bits per heavy atom. The fraction of sp³-hybridized carbons (Fsp3) is 0.857. The zero-order chi connectivity index (χ0) is 15.6. The van der Waals surface area contributed by atoms with Gasteiger partial charge in [-0.25, -0.2) is 0 Å². The van der Waals surface area contributed by atoms with E-state index >= 15 is 0 Å². The Bertz CT molecular complexity index is 300. The molecular weight excluding hydrogens is 260 g/mol. The van der Waals surface area contributed by atoms with Crippen molar-refractivity contribution in [1.29, 1.82) is 0 Å². The van der Waals surface area contributed by atoms with Gasteiger partial charge in [-0.05, 0) is 27.8 Å². The molecule has 0 aromatic carbocycles. The molecule has 0 aromatic heterocycles. The summed E-state index contributed by atoms with van der Waals surface area (Å²) in [5.74, 6) is -0.471. The van der Waals surface area contributed by atoms with E-state index in [1.165, 1.54) is 0 Å². The normalized spacial score (nSPS) is 11.5. The second-order valence-corrected chi connectivity index (χ2v) is 5.73. The monoisotopic (exact) mass is 288 g/mol. The molecule has 20 heavy (non-hydrogen) atoms. The summed E-state index contributed by atoms with van der Waals surface area (Å²) in [6.45, 7) is 8.23. The minimum absolute atomic E-state index is 0.114. The van der Waals surface area contributed by atoms with Crippen LogP contribution in [-0.2, 0) is 19.1 Å². The lowest BCUT2D eigenvalue weighted by atomic mass is 10.2. The van der Waals surface area contributed by atoms with Crippen molar-refractivity contribution in [2.75, 3.05) is 40.4 Å². The molecule has 0 rings (SSSR count). The van der Waals surface area contributed by atoms with Crippen LogP contribution in [0.2, 0.25) is 0 Å². The standard InChI is InChI=1S/C14H28N2O4/c1-14(2,3)20-13(18)7-6-12(17)15-8-9-16(4)10-11-19-5/h6-11H2,1-5H3,(H,15,17). The molecule has 0 aliphatic rings. The topological polar surface area (TPSA) is 67.9 Å². The Hall–Kier alpha value is -1.14. The van der Waals surface area contributed by atoms with Gasteiger partial charge in [0.25, 0.3) is 0 Å². The van der Waals surface area contributed by atoms with Crippen LogP contribution < -0.4 is 5.32 Å². The predicted molar refractivity (Wildman–Crippen MR) is 77.5 cm³/mol. The van der Waals surface area contributed by atoms with Crippen molar-refractivity contribution in [2.24, 2.45) is 0 Å². The number of nitrogens with one attached hydrogen (secondary N) is 1. The Morgan fingerprint density at radius 3 is 2.35 bits per heavy atom. The van der Waals surface area contributed by atoms with Crippen molar-refractivity contribution < 1.29 is 19.1 Å². The minimum atomic E-state index is -0.502. The molecule has 6 heteroatoms. The van der Waals surface area contributed by atoms with Gasteiger partial charge >= 0.3 is 5.97 Å². The van der Waals surface area contributed by atoms with E-state index in [0.717, 1.165) is 13.1 Å². The maximum Gasteiger partial charge on any atom is 0.306 e. The average Bonchev–Trinajstić information content (AvgIpc) is 2.31. The van der Waals surface area contributed by atoms with Crippen molar-refractivity contribution in [3.05, 3.63) is 0 Å². The number of rotatable bonds is 9. The zero-order valence-electron chi connectivity index (χ0n) is 13.3. The van der Waals surface area contributed by atoms with E-state index in [-0.39, 0.29) is 24.7 Å². The number of likely N-dealkylation sites (N-methyl/N-ethyl adjacent to an activating group) is 1. The van der Waals surface area contributed by atoms with Crippen LogP contribution in [0.3, 0.4) is 0 Å². The fourth-order valence-corrected chi connectivity index (χ4v) is 1.44. The molecule has 0 spiro atoms. The van der Waals surface area contributed by atoms with Gasteiger partial charge < -0.3 is 19.7 Å². The summed E-state index contributed by atoms with van der Waals surface area (Å²) in [5, 5.41) is 2.78. The molecule has 0 saturated carbocycles. The summed E-state index contributed by atoms with van der Waals surface area (Å²) in [7, 11) is 3.62. The van der Waals surface area contributed by atoms with Crippen LogP contribution in [0.4, 0.5) is 0 Å². The minimum Gasteiger partial charge on any atom is -0.460 e. The molecule has 118 valence electrons. The molecule has 6 nitrogen and oxygen atoms in total. The van der Waals surface area contributed by atoms with Gasteiger partial charge in [0.1, 0.15) is 5.60 Å². The second kappa shape index (κ2) is 9.72. The number of ether oxygens (including phenoxy) is 2. The van der Waals surface area contributed by atoms with E-state index in [0.29, 0.717) is 13.2 Å². The van der Waals surface area contributed by atoms with Gasteiger partial charge in [-0.3, -0.25) is 9.59 Å². The van der Waals surface area contributed by atoms with E-state index in [2.05, 4.69) is 10.2 Å². The number of hydrogen-bond acceptors (Lipinski definition) is 5. The van der Waals surface area contributed by atoms with Crippen molar-refractivity contribution in [1.82, 2.24) is 10.2 Å². The zero-order valence-corrected chi connectivity index (χ0v) is 13.3. The molecule has 0 unspecified atom stereocenters. The summed E-state index contributed by atoms with van der Waals surface area (Å²) >= 11 is 0. The number of carbonyl (C=O) groups excluding carboxylic acids is 2. The summed E-state index contributed by atoms with van der Waals surface area (Å²) in [6.07, 6.45) is 0.277. The molecule has 0 radical (unpaired) electrons. The van der Waals surface area contributed by atoms with Crippen LogP contribution in [0.1, 0.15) is 33.6 Å². The first-order valence-electron chi connectivity index (χ1n) is 6.90. The van der Waals surface area contributed by atoms with E-state index in [1.807, 2.05) is 7.05 Å². The summed E-state index contributed by atoms with van der Waals surface area (Å²) in [5.41, 5.74) is -0.502. The molecule has 0 aromatic rings. The number of esters is 1. The van der Waals surface area contributed by atoms with Crippen LogP contribution in [0.25, 0.3) is 0 Å². The quantitative estimate of drug-likeness (QED) is 0.636. The first kappa shape index (κ1) is 18.9. The molecule has 0 aliphatic heterocycles. The maximum absolute atomic E-state index is 11.5. The summed E-state index contributed by atoms with van der Waals surface area (Å²) in [4.78, 5) is 25.1. The van der Waals surface area contributed by atoms with Crippen molar-refractivity contribution in [2.45, 2.75) is 39.2 Å². The van der Waals surface area contributed by atoms with E-state index in [9.17, 15) is 9.59 Å². The second-order valence-electron chi connectivity index (χ2n) is 5.73. The highest BCUT2D eigenvalue weighted by Crippen LogP contribution is 2.08. The molecule has 0 saturated heterocycles. The molecule has 0 atom stereocenters. The largest absolute Gasteiger partial charge is 0.460 e. The van der Waals surface area contributed by atoms with Crippen LogP contribution >= 0.6 is 0 Å². The van der Waals surface area contributed by atoms with E-state index in [4.69, 9.17) is 9.47 Å². The van der Waals surface area contributed by atoms with Gasteiger partial charge in [-0.1, -0.05) is 0 Å². The summed E-state index contributed by atoms with van der Waals surface area (Å²) < 4.78 is 10.1. The average molecular weight is 288 g/mol. The van der Waals surface area contributed by atoms with Crippen molar-refractivity contribution >= 4 is 11.9 Å². The lowest BCUT2D eigenvalue weighted by molar-refractivity contribution is -0.155. The molecule has 0 aliphatic carbocycles. The third kappa shape index (κ3) is 11.9. The number of nitrogens with zero attached hydrogens (tertiary/aromatic N) is 1. The third-order valence-corrected chi connectivity index (χ3v) is 2.47.